The van der Waals surface area contributed by atoms with Crippen molar-refractivity contribution in [2.45, 2.75) is 84.6 Å². The van der Waals surface area contributed by atoms with E-state index < -0.39 is 12.0 Å². The van der Waals surface area contributed by atoms with E-state index in [9.17, 15) is 19.5 Å². The number of hydrogen-bond donors (Lipinski definition) is 1. The quantitative estimate of drug-likeness (QED) is 0.584. The number of ketones is 1. The number of carboxylic acid groups (broad SMARTS) is 1. The molecule has 0 aromatic rings. The third kappa shape index (κ3) is 4.04. The van der Waals surface area contributed by atoms with Crippen LogP contribution in [-0.2, 0) is 19.2 Å². The molecule has 192 valence electrons. The van der Waals surface area contributed by atoms with Crippen LogP contribution in [0.2, 0.25) is 0 Å². The van der Waals surface area contributed by atoms with Crippen molar-refractivity contribution >= 4 is 17.7 Å². The number of carbonyl (C=O) groups excluding carboxylic acids is 3. The second kappa shape index (κ2) is 9.06. The van der Waals surface area contributed by atoms with Crippen molar-refractivity contribution in [1.29, 1.82) is 0 Å². The summed E-state index contributed by atoms with van der Waals surface area (Å²) in [4.78, 5) is 42.9. The highest BCUT2D eigenvalue weighted by atomic mass is 16.6. The zero-order valence-corrected chi connectivity index (χ0v) is 21.3. The van der Waals surface area contributed by atoms with Crippen LogP contribution in [-0.4, -0.2) is 41.8 Å². The van der Waals surface area contributed by atoms with Crippen LogP contribution < -0.4 is 10.6 Å². The number of aliphatic carboxylic acids is 1. The van der Waals surface area contributed by atoms with Gasteiger partial charge in [-0.15, -0.1) is 0 Å². The normalized spacial score (nSPS) is 40.2. The molecule has 1 amide bonds. The number of hydrogen-bond acceptors (Lipinski definition) is 6. The van der Waals surface area contributed by atoms with Gasteiger partial charge in [-0.05, 0) is 99.4 Å². The summed E-state index contributed by atoms with van der Waals surface area (Å²) in [7, 11) is 0. The van der Waals surface area contributed by atoms with Gasteiger partial charge in [0.15, 0.2) is 6.61 Å². The number of fused-ring (bicyclic) bond motifs is 5. The van der Waals surface area contributed by atoms with Gasteiger partial charge >= 0.3 is 0 Å². The van der Waals surface area contributed by atoms with Gasteiger partial charge in [-0.25, -0.2) is 0 Å². The lowest BCUT2D eigenvalue weighted by molar-refractivity contribution is -0.310. The van der Waals surface area contributed by atoms with Crippen molar-refractivity contribution < 1.29 is 24.3 Å². The maximum Gasteiger partial charge on any atom is 0.251 e. The number of rotatable bonds is 6. The van der Waals surface area contributed by atoms with E-state index in [0.717, 1.165) is 31.4 Å². The highest BCUT2D eigenvalue weighted by Crippen LogP contribution is 2.66. The molecule has 4 fully saturated rings. The summed E-state index contributed by atoms with van der Waals surface area (Å²) in [6.45, 7) is 6.82. The largest absolute Gasteiger partial charge is 0.548 e. The fourth-order valence-electron chi connectivity index (χ4n) is 8.73. The number of carbonyl (C=O) groups is 3. The lowest BCUT2D eigenvalue weighted by Gasteiger charge is -2.57. The first-order valence-corrected chi connectivity index (χ1v) is 13.4. The van der Waals surface area contributed by atoms with E-state index in [2.05, 4.69) is 31.5 Å². The molecule has 0 aromatic carbocycles. The molecular formula is C28H39N2O5-. The van der Waals surface area contributed by atoms with Crippen LogP contribution in [0.3, 0.4) is 0 Å². The summed E-state index contributed by atoms with van der Waals surface area (Å²) >= 11 is 0. The van der Waals surface area contributed by atoms with Crippen molar-refractivity contribution in [3.05, 3.63) is 23.4 Å². The highest BCUT2D eigenvalue weighted by molar-refractivity contribution is 5.84. The number of likely N-dealkylation sites (tertiary alicyclic amines) is 1. The summed E-state index contributed by atoms with van der Waals surface area (Å²) in [5.74, 6) is 1.08. The van der Waals surface area contributed by atoms with Crippen LogP contribution >= 0.6 is 0 Å². The Labute approximate surface area is 208 Å². The molecule has 0 bridgehead atoms. The minimum atomic E-state index is -1.20. The topological polar surface area (TPSA) is 98.8 Å². The van der Waals surface area contributed by atoms with Gasteiger partial charge in [0.2, 0.25) is 0 Å². The van der Waals surface area contributed by atoms with E-state index in [1.165, 1.54) is 29.7 Å². The third-order valence-electron chi connectivity index (χ3n) is 10.5. The smallest absolute Gasteiger partial charge is 0.251 e. The van der Waals surface area contributed by atoms with Crippen LogP contribution in [0.5, 0.6) is 0 Å². The molecule has 0 aromatic heterocycles. The van der Waals surface area contributed by atoms with Gasteiger partial charge in [0.1, 0.15) is 5.78 Å². The Morgan fingerprint density at radius 2 is 1.94 bits per heavy atom. The second-order valence-electron chi connectivity index (χ2n) is 12.1. The van der Waals surface area contributed by atoms with Crippen LogP contribution in [0.15, 0.2) is 23.4 Å². The number of hydroxylamine groups is 1. The van der Waals surface area contributed by atoms with E-state index in [1.807, 2.05) is 0 Å². The van der Waals surface area contributed by atoms with Gasteiger partial charge in [0.25, 0.3) is 5.91 Å². The Morgan fingerprint density at radius 3 is 2.69 bits per heavy atom. The predicted molar refractivity (Wildman–Crippen MR) is 128 cm³/mol. The fourth-order valence-corrected chi connectivity index (χ4v) is 8.73. The van der Waals surface area contributed by atoms with E-state index >= 15 is 0 Å². The zero-order chi connectivity index (χ0) is 25.0. The van der Waals surface area contributed by atoms with Crippen molar-refractivity contribution in [3.8, 4) is 0 Å². The predicted octanol–water partition coefficient (Wildman–Crippen LogP) is 2.91. The molecule has 5 aliphatic rings. The number of nitrogens with one attached hydrogen (secondary N) is 1. The molecular weight excluding hydrogens is 444 g/mol. The van der Waals surface area contributed by atoms with Crippen LogP contribution in [0.1, 0.15) is 78.6 Å². The van der Waals surface area contributed by atoms with Crippen LogP contribution in [0.25, 0.3) is 0 Å². The van der Waals surface area contributed by atoms with Gasteiger partial charge in [-0.3, -0.25) is 19.9 Å². The lowest BCUT2D eigenvalue weighted by atomic mass is 9.47. The average molecular weight is 484 g/mol. The maximum absolute atomic E-state index is 12.4. The summed E-state index contributed by atoms with van der Waals surface area (Å²) in [6.07, 6.45) is 13.3. The first kappa shape index (κ1) is 24.5. The molecule has 3 saturated carbocycles. The summed E-state index contributed by atoms with van der Waals surface area (Å²) in [5, 5.41) is 11.2. The molecule has 0 spiro atoms. The number of nitrogens with zero attached hydrogens (tertiary/aromatic N) is 1. The minimum Gasteiger partial charge on any atom is -0.548 e. The van der Waals surface area contributed by atoms with Gasteiger partial charge in [-0.2, -0.15) is 0 Å². The minimum absolute atomic E-state index is 0.136. The molecule has 7 atom stereocenters. The Hall–Kier alpha value is -2.15. The van der Waals surface area contributed by atoms with E-state index in [-0.39, 0.29) is 29.3 Å². The average Bonchev–Trinajstić information content (AvgIpc) is 3.44. The Morgan fingerprint density at radius 1 is 1.14 bits per heavy atom. The van der Waals surface area contributed by atoms with Gasteiger partial charge in [0.05, 0.1) is 17.7 Å². The molecule has 1 heterocycles. The van der Waals surface area contributed by atoms with Crippen molar-refractivity contribution in [3.63, 3.8) is 0 Å². The van der Waals surface area contributed by atoms with Crippen molar-refractivity contribution in [1.82, 2.24) is 10.4 Å². The molecule has 1 saturated heterocycles. The van der Waals surface area contributed by atoms with E-state index in [4.69, 9.17) is 4.84 Å². The van der Waals surface area contributed by atoms with E-state index in [1.54, 1.807) is 6.92 Å². The number of carboxylic acids is 1. The molecule has 35 heavy (non-hydrogen) atoms. The number of Topliss-reactive ketones (excluding diaryl/α,β-unsaturated/α-hetero) is 1. The van der Waals surface area contributed by atoms with Gasteiger partial charge in [-0.1, -0.05) is 25.5 Å². The number of allylic oxidation sites excluding steroid dienone is 3. The molecule has 4 aliphatic carbocycles. The van der Waals surface area contributed by atoms with Gasteiger partial charge in [0, 0.05) is 12.5 Å². The Bertz CT molecular complexity index is 972. The molecule has 0 unspecified atom stereocenters. The second-order valence-corrected chi connectivity index (χ2v) is 12.1. The Kier molecular flexibility index (Phi) is 6.35. The molecule has 1 N–H and O–H groups in total. The fraction of sp³-hybridized carbons (Fsp3) is 0.750. The monoisotopic (exact) mass is 483 g/mol. The summed E-state index contributed by atoms with van der Waals surface area (Å²) in [5.41, 5.74) is 5.58. The van der Waals surface area contributed by atoms with Crippen molar-refractivity contribution in [2.75, 3.05) is 13.2 Å². The summed E-state index contributed by atoms with van der Waals surface area (Å²) < 4.78 is 0. The first-order chi connectivity index (χ1) is 16.6. The molecule has 5 rings (SSSR count). The zero-order valence-electron chi connectivity index (χ0n) is 21.3. The SMILES string of the molecule is CC(=O)[C@H]1CC[C@H]2[C@@H]3CCC4=CC(NOCC(=O)N5CCC[C@H]5C(=O)[O-])=CC[C@]4(C)[C@H]3CC[C@]12C. The maximum atomic E-state index is 12.4. The molecule has 7 nitrogen and oxygen atoms in total. The van der Waals surface area contributed by atoms with Crippen LogP contribution in [0, 0.1) is 34.5 Å². The number of amides is 1. The third-order valence-corrected chi connectivity index (χ3v) is 10.5. The molecule has 1 aliphatic heterocycles. The lowest BCUT2D eigenvalue weighted by Crippen LogP contribution is -2.50. The first-order valence-electron chi connectivity index (χ1n) is 13.4. The summed E-state index contributed by atoms with van der Waals surface area (Å²) in [6, 6.07) is -0.846. The Balaban J connectivity index is 1.20. The highest BCUT2D eigenvalue weighted by Gasteiger charge is 2.59. The van der Waals surface area contributed by atoms with Crippen molar-refractivity contribution in [2.24, 2.45) is 34.5 Å². The van der Waals surface area contributed by atoms with E-state index in [0.29, 0.717) is 42.9 Å². The molecule has 0 radical (unpaired) electrons. The molecule has 7 heteroatoms. The van der Waals surface area contributed by atoms with Gasteiger partial charge < -0.3 is 14.8 Å². The standard InChI is InChI=1S/C28H40N2O5/c1-17(31)21-8-9-22-20-7-6-18-15-19(10-12-27(18,2)23(20)11-13-28(21,22)3)29-35-16-25(32)30-14-4-5-24(30)26(33)34/h10,15,20-24,29H,4-9,11-14,16H2,1-3H3,(H,33,34)/p-1/t20-,21+,22-,23-,24-,27-,28+/m0/s1. The van der Waals surface area contributed by atoms with Crippen LogP contribution in [0.4, 0.5) is 0 Å².